The topological polar surface area (TPSA) is 72.4 Å². The molecular weight excluding hydrogens is 351 g/mol. The van der Waals surface area contributed by atoms with Crippen molar-refractivity contribution in [2.75, 3.05) is 13.1 Å². The SMILES string of the molecule is O=C1CCC(C(=O)N2CCCC(Oc3nccc(C(F)(F)F)n3)C2)CC1. The summed E-state index contributed by atoms with van der Waals surface area (Å²) in [6, 6.07) is 0.455. The molecule has 1 aliphatic heterocycles. The van der Waals surface area contributed by atoms with Crippen LogP contribution in [0.5, 0.6) is 6.01 Å². The van der Waals surface area contributed by atoms with Crippen molar-refractivity contribution >= 4 is 11.7 Å². The molecule has 1 saturated carbocycles. The first-order valence-corrected chi connectivity index (χ1v) is 8.70. The number of likely N-dealkylation sites (tertiary alicyclic amines) is 1. The predicted molar refractivity (Wildman–Crippen MR) is 84.2 cm³/mol. The maximum absolute atomic E-state index is 12.7. The van der Waals surface area contributed by atoms with E-state index in [0.717, 1.165) is 12.3 Å². The molecule has 9 heteroatoms. The molecule has 142 valence electrons. The van der Waals surface area contributed by atoms with Gasteiger partial charge in [-0.1, -0.05) is 0 Å². The van der Waals surface area contributed by atoms with Crippen molar-refractivity contribution in [3.8, 4) is 6.01 Å². The number of nitrogens with zero attached hydrogens (tertiary/aromatic N) is 3. The first-order valence-electron chi connectivity index (χ1n) is 8.70. The summed E-state index contributed by atoms with van der Waals surface area (Å²) in [6.45, 7) is 0.884. The van der Waals surface area contributed by atoms with Crippen molar-refractivity contribution in [1.29, 1.82) is 0 Å². The Labute approximate surface area is 148 Å². The first-order chi connectivity index (χ1) is 12.3. The van der Waals surface area contributed by atoms with Gasteiger partial charge in [0.15, 0.2) is 5.69 Å². The fourth-order valence-electron chi connectivity index (χ4n) is 3.38. The van der Waals surface area contributed by atoms with Crippen LogP contribution < -0.4 is 4.74 Å². The van der Waals surface area contributed by atoms with Crippen LogP contribution in [-0.4, -0.2) is 45.8 Å². The highest BCUT2D eigenvalue weighted by Crippen LogP contribution is 2.29. The van der Waals surface area contributed by atoms with Crippen molar-refractivity contribution < 1.29 is 27.5 Å². The van der Waals surface area contributed by atoms with Gasteiger partial charge in [0, 0.05) is 31.5 Å². The standard InChI is InChI=1S/C17H20F3N3O3/c18-17(19,20)14-7-8-21-16(22-14)26-13-2-1-9-23(10-13)15(25)11-3-5-12(24)6-4-11/h7-8,11,13H,1-6,9-10H2. The second kappa shape index (κ2) is 7.59. The van der Waals surface area contributed by atoms with E-state index in [2.05, 4.69) is 9.97 Å². The Kier molecular flexibility index (Phi) is 5.43. The van der Waals surface area contributed by atoms with E-state index in [1.54, 1.807) is 4.90 Å². The molecule has 26 heavy (non-hydrogen) atoms. The average Bonchev–Trinajstić information content (AvgIpc) is 2.61. The Morgan fingerprint density at radius 3 is 2.65 bits per heavy atom. The molecule has 1 aliphatic carbocycles. The van der Waals surface area contributed by atoms with Crippen molar-refractivity contribution in [2.45, 2.75) is 50.8 Å². The third kappa shape index (κ3) is 4.50. The molecule has 2 aliphatic rings. The van der Waals surface area contributed by atoms with Crippen LogP contribution in [-0.2, 0) is 15.8 Å². The number of alkyl halides is 3. The average molecular weight is 371 g/mol. The third-order valence-electron chi connectivity index (χ3n) is 4.78. The van der Waals surface area contributed by atoms with Gasteiger partial charge in [-0.15, -0.1) is 0 Å². The van der Waals surface area contributed by atoms with E-state index >= 15 is 0 Å². The van der Waals surface area contributed by atoms with Gasteiger partial charge in [-0.3, -0.25) is 9.59 Å². The van der Waals surface area contributed by atoms with Gasteiger partial charge in [-0.05, 0) is 31.7 Å². The van der Waals surface area contributed by atoms with Crippen LogP contribution in [0.1, 0.15) is 44.2 Å². The smallest absolute Gasteiger partial charge is 0.433 e. The van der Waals surface area contributed by atoms with E-state index in [9.17, 15) is 22.8 Å². The van der Waals surface area contributed by atoms with Crippen LogP contribution in [0.2, 0.25) is 0 Å². The molecule has 0 aromatic carbocycles. The van der Waals surface area contributed by atoms with Gasteiger partial charge < -0.3 is 9.64 Å². The third-order valence-corrected chi connectivity index (χ3v) is 4.78. The second-order valence-electron chi connectivity index (χ2n) is 6.70. The normalized spacial score (nSPS) is 22.3. The molecule has 0 bridgehead atoms. The molecule has 1 amide bonds. The number of hydrogen-bond acceptors (Lipinski definition) is 5. The lowest BCUT2D eigenvalue weighted by Crippen LogP contribution is -2.47. The second-order valence-corrected chi connectivity index (χ2v) is 6.70. The highest BCUT2D eigenvalue weighted by molar-refractivity contribution is 5.84. The van der Waals surface area contributed by atoms with Crippen LogP contribution in [0, 0.1) is 5.92 Å². The highest BCUT2D eigenvalue weighted by atomic mass is 19.4. The lowest BCUT2D eigenvalue weighted by Gasteiger charge is -2.35. The Bertz CT molecular complexity index is 671. The number of Topliss-reactive ketones (excluding diaryl/α,β-unsaturated/α-hetero) is 1. The predicted octanol–water partition coefficient (Wildman–Crippen LogP) is 2.62. The number of carbonyl (C=O) groups excluding carboxylic acids is 2. The zero-order chi connectivity index (χ0) is 18.7. The van der Waals surface area contributed by atoms with Crippen LogP contribution in [0.15, 0.2) is 12.3 Å². The first kappa shape index (κ1) is 18.6. The minimum atomic E-state index is -4.56. The molecule has 6 nitrogen and oxygen atoms in total. The van der Waals surface area contributed by atoms with Crippen LogP contribution >= 0.6 is 0 Å². The lowest BCUT2D eigenvalue weighted by atomic mass is 9.87. The molecule has 2 fully saturated rings. The van der Waals surface area contributed by atoms with Crippen molar-refractivity contribution in [3.05, 3.63) is 18.0 Å². The highest BCUT2D eigenvalue weighted by Gasteiger charge is 2.34. The quantitative estimate of drug-likeness (QED) is 0.817. The minimum Gasteiger partial charge on any atom is -0.458 e. The minimum absolute atomic E-state index is 0.00393. The number of halogens is 3. The van der Waals surface area contributed by atoms with Crippen LogP contribution in [0.25, 0.3) is 0 Å². The summed E-state index contributed by atoms with van der Waals surface area (Å²) in [5, 5.41) is 0. The van der Waals surface area contributed by atoms with Gasteiger partial charge in [0.1, 0.15) is 11.9 Å². The molecule has 1 aromatic heterocycles. The summed E-state index contributed by atoms with van der Waals surface area (Å²) in [7, 11) is 0. The molecule has 0 spiro atoms. The van der Waals surface area contributed by atoms with E-state index in [1.165, 1.54) is 0 Å². The number of hydrogen-bond donors (Lipinski definition) is 0. The molecule has 1 unspecified atom stereocenters. The van der Waals surface area contributed by atoms with Gasteiger partial charge in [-0.2, -0.15) is 18.2 Å². The number of ether oxygens (including phenoxy) is 1. The molecule has 1 atom stereocenters. The molecule has 0 radical (unpaired) electrons. The summed E-state index contributed by atoms with van der Waals surface area (Å²) < 4.78 is 43.7. The summed E-state index contributed by atoms with van der Waals surface area (Å²) in [6.07, 6.45) is -0.684. The van der Waals surface area contributed by atoms with Crippen molar-refractivity contribution in [3.63, 3.8) is 0 Å². The number of aromatic nitrogens is 2. The molecule has 0 N–H and O–H groups in total. The summed E-state index contributed by atoms with van der Waals surface area (Å²) in [4.78, 5) is 32.8. The number of amides is 1. The van der Waals surface area contributed by atoms with Gasteiger partial charge in [0.2, 0.25) is 5.91 Å². The van der Waals surface area contributed by atoms with Gasteiger partial charge >= 0.3 is 12.2 Å². The Morgan fingerprint density at radius 1 is 1.23 bits per heavy atom. The number of ketones is 1. The fraction of sp³-hybridized carbons (Fsp3) is 0.647. The van der Waals surface area contributed by atoms with Gasteiger partial charge in [0.05, 0.1) is 6.54 Å². The molecule has 2 heterocycles. The zero-order valence-electron chi connectivity index (χ0n) is 14.2. The molecular formula is C17H20F3N3O3. The molecule has 1 aromatic rings. The van der Waals surface area contributed by atoms with E-state index < -0.39 is 18.0 Å². The molecule has 1 saturated heterocycles. The maximum Gasteiger partial charge on any atom is 0.433 e. The van der Waals surface area contributed by atoms with Crippen LogP contribution in [0.3, 0.4) is 0 Å². The molecule has 3 rings (SSSR count). The summed E-state index contributed by atoms with van der Waals surface area (Å²) >= 11 is 0. The zero-order valence-corrected chi connectivity index (χ0v) is 14.2. The van der Waals surface area contributed by atoms with E-state index in [-0.39, 0.29) is 23.6 Å². The van der Waals surface area contributed by atoms with Crippen LogP contribution in [0.4, 0.5) is 13.2 Å². The number of carbonyl (C=O) groups is 2. The Morgan fingerprint density at radius 2 is 1.96 bits per heavy atom. The van der Waals surface area contributed by atoms with Crippen molar-refractivity contribution in [2.24, 2.45) is 5.92 Å². The Balaban J connectivity index is 1.60. The van der Waals surface area contributed by atoms with Gasteiger partial charge in [0.25, 0.3) is 0 Å². The largest absolute Gasteiger partial charge is 0.458 e. The lowest BCUT2D eigenvalue weighted by molar-refractivity contribution is -0.141. The summed E-state index contributed by atoms with van der Waals surface area (Å²) in [5.41, 5.74) is -1.06. The maximum atomic E-state index is 12.7. The van der Waals surface area contributed by atoms with Crippen molar-refractivity contribution in [1.82, 2.24) is 14.9 Å². The number of rotatable bonds is 3. The number of piperidine rings is 1. The van der Waals surface area contributed by atoms with E-state index in [4.69, 9.17) is 4.74 Å². The Hall–Kier alpha value is -2.19. The van der Waals surface area contributed by atoms with Gasteiger partial charge in [-0.25, -0.2) is 4.98 Å². The summed E-state index contributed by atoms with van der Waals surface area (Å²) in [5.74, 6) is 0.0302. The van der Waals surface area contributed by atoms with E-state index in [1.807, 2.05) is 0 Å². The van der Waals surface area contributed by atoms with E-state index in [0.29, 0.717) is 51.6 Å². The monoisotopic (exact) mass is 371 g/mol. The fourth-order valence-corrected chi connectivity index (χ4v) is 3.38.